The number of hydrogen-bond donors (Lipinski definition) is 0. The van der Waals surface area contributed by atoms with Gasteiger partial charge in [0.15, 0.2) is 23.3 Å². The van der Waals surface area contributed by atoms with Gasteiger partial charge in [0.05, 0.1) is 0 Å². The number of carbonyl (C=O) groups is 2. The molecule has 1 aromatic carbocycles. The van der Waals surface area contributed by atoms with E-state index in [1.165, 1.54) is 6.92 Å². The molecule has 1 rings (SSSR count). The Labute approximate surface area is 93.0 Å². The first-order chi connectivity index (χ1) is 7.88. The maximum atomic E-state index is 13.1. The van der Waals surface area contributed by atoms with E-state index in [-0.39, 0.29) is 12.5 Å². The van der Waals surface area contributed by atoms with Crippen molar-refractivity contribution in [3.63, 3.8) is 0 Å². The zero-order valence-electron chi connectivity index (χ0n) is 8.52. The molecule has 0 heterocycles. The first-order valence-electron chi connectivity index (χ1n) is 4.46. The van der Waals surface area contributed by atoms with Crippen molar-refractivity contribution >= 4 is 11.9 Å². The summed E-state index contributed by atoms with van der Waals surface area (Å²) in [5, 5.41) is 0. The fourth-order valence-electron chi connectivity index (χ4n) is 0.952. The zero-order chi connectivity index (χ0) is 13.2. The molecule has 17 heavy (non-hydrogen) atoms. The second-order valence-electron chi connectivity index (χ2n) is 2.96. The second kappa shape index (κ2) is 4.94. The van der Waals surface area contributed by atoms with Crippen LogP contribution in [0, 0.1) is 23.3 Å². The van der Waals surface area contributed by atoms with E-state index in [1.807, 2.05) is 0 Å². The normalized spacial score (nSPS) is 10.2. The molecule has 0 bridgehead atoms. The summed E-state index contributed by atoms with van der Waals surface area (Å²) in [6, 6.07) is 0.124. The highest BCUT2D eigenvalue weighted by Gasteiger charge is 2.25. The lowest BCUT2D eigenvalue weighted by molar-refractivity contribution is -0.137. The SMILES string of the molecule is CCC(=O)OC(=O)c1cc(F)c(F)c(F)c1F. The lowest BCUT2D eigenvalue weighted by Crippen LogP contribution is -2.15. The molecule has 0 aromatic heterocycles. The Morgan fingerprint density at radius 3 is 2.24 bits per heavy atom. The molecule has 0 fully saturated rings. The largest absolute Gasteiger partial charge is 0.389 e. The van der Waals surface area contributed by atoms with Gasteiger partial charge in [-0.2, -0.15) is 0 Å². The number of halogens is 4. The number of ether oxygens (including phenoxy) is 1. The Bertz CT molecular complexity index is 485. The van der Waals surface area contributed by atoms with Crippen molar-refractivity contribution in [1.82, 2.24) is 0 Å². The highest BCUT2D eigenvalue weighted by molar-refractivity contribution is 5.96. The van der Waals surface area contributed by atoms with Crippen molar-refractivity contribution in [2.24, 2.45) is 0 Å². The summed E-state index contributed by atoms with van der Waals surface area (Å²) in [6.45, 7) is 1.36. The number of esters is 2. The van der Waals surface area contributed by atoms with Crippen LogP contribution in [0.5, 0.6) is 0 Å². The molecule has 3 nitrogen and oxygen atoms in total. The first kappa shape index (κ1) is 13.1. The fourth-order valence-corrected chi connectivity index (χ4v) is 0.952. The van der Waals surface area contributed by atoms with Gasteiger partial charge in [-0.3, -0.25) is 4.79 Å². The first-order valence-corrected chi connectivity index (χ1v) is 4.46. The molecule has 0 aliphatic rings. The van der Waals surface area contributed by atoms with Crippen LogP contribution in [-0.4, -0.2) is 11.9 Å². The molecule has 0 saturated carbocycles. The van der Waals surface area contributed by atoms with Gasteiger partial charge in [-0.05, 0) is 6.07 Å². The minimum Gasteiger partial charge on any atom is -0.389 e. The van der Waals surface area contributed by atoms with Crippen LogP contribution in [0.25, 0.3) is 0 Å². The zero-order valence-corrected chi connectivity index (χ0v) is 8.52. The molecular formula is C10H6F4O3. The standard InChI is InChI=1S/C10H6F4O3/c1-2-6(15)17-10(16)4-3-5(11)8(13)9(14)7(4)12/h3H,2H2,1H3. The number of benzene rings is 1. The summed E-state index contributed by atoms with van der Waals surface area (Å²) in [7, 11) is 0. The van der Waals surface area contributed by atoms with Gasteiger partial charge in [0, 0.05) is 6.42 Å². The third-order valence-electron chi connectivity index (χ3n) is 1.82. The maximum Gasteiger partial charge on any atom is 0.349 e. The van der Waals surface area contributed by atoms with E-state index in [4.69, 9.17) is 0 Å². The number of rotatable bonds is 2. The van der Waals surface area contributed by atoms with Crippen molar-refractivity contribution in [3.05, 3.63) is 34.9 Å². The fraction of sp³-hybridized carbons (Fsp3) is 0.200. The van der Waals surface area contributed by atoms with Crippen LogP contribution >= 0.6 is 0 Å². The van der Waals surface area contributed by atoms with Crippen molar-refractivity contribution in [2.45, 2.75) is 13.3 Å². The summed E-state index contributed by atoms with van der Waals surface area (Å²) in [5.41, 5.74) is -1.18. The van der Waals surface area contributed by atoms with Crippen molar-refractivity contribution in [3.8, 4) is 0 Å². The van der Waals surface area contributed by atoms with Crippen LogP contribution in [0.1, 0.15) is 23.7 Å². The minimum atomic E-state index is -2.14. The molecule has 0 N–H and O–H groups in total. The molecule has 0 aliphatic carbocycles. The van der Waals surface area contributed by atoms with E-state index >= 15 is 0 Å². The average molecular weight is 250 g/mol. The lowest BCUT2D eigenvalue weighted by atomic mass is 10.2. The van der Waals surface area contributed by atoms with Crippen molar-refractivity contribution in [1.29, 1.82) is 0 Å². The maximum absolute atomic E-state index is 13.1. The summed E-state index contributed by atoms with van der Waals surface area (Å²) in [5.74, 6) is -10.4. The summed E-state index contributed by atoms with van der Waals surface area (Å²) < 4.78 is 55.1. The Hall–Kier alpha value is -1.92. The summed E-state index contributed by atoms with van der Waals surface area (Å²) in [4.78, 5) is 21.8. The predicted molar refractivity (Wildman–Crippen MR) is 47.0 cm³/mol. The number of carbonyl (C=O) groups excluding carboxylic acids is 2. The topological polar surface area (TPSA) is 43.4 Å². The molecule has 92 valence electrons. The lowest BCUT2D eigenvalue weighted by Gasteiger charge is -2.04. The monoisotopic (exact) mass is 250 g/mol. The van der Waals surface area contributed by atoms with Crippen LogP contribution in [0.4, 0.5) is 17.6 Å². The van der Waals surface area contributed by atoms with E-state index in [0.717, 1.165) is 0 Å². The molecule has 7 heteroatoms. The predicted octanol–water partition coefficient (Wildman–Crippen LogP) is 2.34. The van der Waals surface area contributed by atoms with Gasteiger partial charge in [-0.15, -0.1) is 0 Å². The molecule has 0 radical (unpaired) electrons. The van der Waals surface area contributed by atoms with E-state index in [9.17, 15) is 27.2 Å². The molecule has 1 aromatic rings. The highest BCUT2D eigenvalue weighted by Crippen LogP contribution is 2.19. The van der Waals surface area contributed by atoms with Gasteiger partial charge >= 0.3 is 11.9 Å². The summed E-state index contributed by atoms with van der Waals surface area (Å²) >= 11 is 0. The third kappa shape index (κ3) is 2.61. The van der Waals surface area contributed by atoms with E-state index in [0.29, 0.717) is 0 Å². The molecule has 0 saturated heterocycles. The van der Waals surface area contributed by atoms with E-state index in [1.54, 1.807) is 0 Å². The highest BCUT2D eigenvalue weighted by atomic mass is 19.2. The van der Waals surface area contributed by atoms with Gasteiger partial charge in [0.2, 0.25) is 0 Å². The van der Waals surface area contributed by atoms with Gasteiger partial charge in [-0.1, -0.05) is 6.92 Å². The second-order valence-corrected chi connectivity index (χ2v) is 2.96. The Morgan fingerprint density at radius 1 is 1.12 bits per heavy atom. The Balaban J connectivity index is 3.15. The van der Waals surface area contributed by atoms with Gasteiger partial charge in [0.1, 0.15) is 5.56 Å². The molecule has 0 unspecified atom stereocenters. The molecule has 0 spiro atoms. The van der Waals surface area contributed by atoms with Gasteiger partial charge < -0.3 is 4.74 Å². The average Bonchev–Trinajstić information content (AvgIpc) is 2.30. The van der Waals surface area contributed by atoms with E-state index in [2.05, 4.69) is 4.74 Å². The smallest absolute Gasteiger partial charge is 0.349 e. The van der Waals surface area contributed by atoms with Crippen LogP contribution in [0.2, 0.25) is 0 Å². The molecule has 0 amide bonds. The summed E-state index contributed by atoms with van der Waals surface area (Å²) in [6.07, 6.45) is -0.181. The third-order valence-corrected chi connectivity index (χ3v) is 1.82. The van der Waals surface area contributed by atoms with Crippen LogP contribution in [0.3, 0.4) is 0 Å². The van der Waals surface area contributed by atoms with Crippen molar-refractivity contribution < 1.29 is 31.9 Å². The van der Waals surface area contributed by atoms with Crippen LogP contribution in [-0.2, 0) is 9.53 Å². The van der Waals surface area contributed by atoms with Crippen LogP contribution < -0.4 is 0 Å². The minimum absolute atomic E-state index is 0.124. The molecule has 0 aliphatic heterocycles. The Morgan fingerprint density at radius 2 is 1.71 bits per heavy atom. The van der Waals surface area contributed by atoms with Gasteiger partial charge in [-0.25, -0.2) is 22.4 Å². The molecule has 0 atom stereocenters. The quantitative estimate of drug-likeness (QED) is 0.266. The van der Waals surface area contributed by atoms with E-state index < -0.39 is 40.8 Å². The Kier molecular flexibility index (Phi) is 3.82. The van der Waals surface area contributed by atoms with Gasteiger partial charge in [0.25, 0.3) is 0 Å². The van der Waals surface area contributed by atoms with Crippen molar-refractivity contribution in [2.75, 3.05) is 0 Å². The van der Waals surface area contributed by atoms with Crippen LogP contribution in [0.15, 0.2) is 6.07 Å². The molecular weight excluding hydrogens is 244 g/mol. The number of hydrogen-bond acceptors (Lipinski definition) is 3.